The Morgan fingerprint density at radius 3 is 2.70 bits per heavy atom. The third-order valence-electron chi connectivity index (χ3n) is 4.59. The first-order chi connectivity index (χ1) is 14.3. The van der Waals surface area contributed by atoms with E-state index in [1.807, 2.05) is 24.3 Å². The lowest BCUT2D eigenvalue weighted by Crippen LogP contribution is -2.34. The lowest BCUT2D eigenvalue weighted by molar-refractivity contribution is -0.121. The van der Waals surface area contributed by atoms with Crippen LogP contribution in [-0.2, 0) is 4.79 Å². The maximum atomic E-state index is 13.4. The van der Waals surface area contributed by atoms with Crippen molar-refractivity contribution in [3.05, 3.63) is 64.1 Å². The standard InChI is InChI=1S/C22H24BrFN4O2/c1-13(2)11-19(21-27-17-5-3-4-6-18(17)28-21)26-20(29)9-10-25-22(30)15-12-14(24)7-8-16(15)23/h3-8,12-13,19H,9-11H2,1-2H3,(H,25,30)(H,26,29)(H,27,28). The Hall–Kier alpha value is -2.74. The Bertz CT molecular complexity index is 1020. The first-order valence-corrected chi connectivity index (χ1v) is 10.6. The number of hydrogen-bond donors (Lipinski definition) is 3. The van der Waals surface area contributed by atoms with Crippen LogP contribution in [0.5, 0.6) is 0 Å². The first kappa shape index (κ1) is 22.0. The zero-order valence-electron chi connectivity index (χ0n) is 16.8. The van der Waals surface area contributed by atoms with Gasteiger partial charge in [0.15, 0.2) is 0 Å². The minimum Gasteiger partial charge on any atom is -0.351 e. The fourth-order valence-corrected chi connectivity index (χ4v) is 3.60. The van der Waals surface area contributed by atoms with Gasteiger partial charge in [0.2, 0.25) is 5.91 Å². The second-order valence-corrected chi connectivity index (χ2v) is 8.37. The highest BCUT2D eigenvalue weighted by Crippen LogP contribution is 2.22. The van der Waals surface area contributed by atoms with Crippen LogP contribution in [0.15, 0.2) is 46.9 Å². The number of nitrogens with one attached hydrogen (secondary N) is 3. The highest BCUT2D eigenvalue weighted by Gasteiger charge is 2.20. The third-order valence-corrected chi connectivity index (χ3v) is 5.28. The molecule has 0 aliphatic carbocycles. The lowest BCUT2D eigenvalue weighted by atomic mass is 10.0. The van der Waals surface area contributed by atoms with Gasteiger partial charge in [-0.1, -0.05) is 26.0 Å². The molecule has 3 N–H and O–H groups in total. The molecule has 0 aliphatic rings. The molecule has 3 aromatic rings. The molecule has 1 heterocycles. The van der Waals surface area contributed by atoms with E-state index in [0.717, 1.165) is 23.5 Å². The van der Waals surface area contributed by atoms with E-state index in [-0.39, 0.29) is 30.5 Å². The van der Waals surface area contributed by atoms with Gasteiger partial charge in [-0.05, 0) is 58.6 Å². The number of benzene rings is 2. The summed E-state index contributed by atoms with van der Waals surface area (Å²) in [6.07, 6.45) is 0.835. The zero-order valence-corrected chi connectivity index (χ0v) is 18.4. The Morgan fingerprint density at radius 1 is 1.20 bits per heavy atom. The van der Waals surface area contributed by atoms with Crippen LogP contribution in [0.2, 0.25) is 0 Å². The van der Waals surface area contributed by atoms with Gasteiger partial charge in [-0.15, -0.1) is 0 Å². The molecule has 0 aliphatic heterocycles. The van der Waals surface area contributed by atoms with Gasteiger partial charge in [-0.25, -0.2) is 9.37 Å². The molecule has 1 atom stereocenters. The number of carbonyl (C=O) groups excluding carboxylic acids is 2. The quantitative estimate of drug-likeness (QED) is 0.449. The summed E-state index contributed by atoms with van der Waals surface area (Å²) in [4.78, 5) is 32.6. The van der Waals surface area contributed by atoms with Crippen LogP contribution in [-0.4, -0.2) is 28.3 Å². The molecule has 158 valence electrons. The van der Waals surface area contributed by atoms with E-state index in [2.05, 4.69) is 50.4 Å². The normalized spacial score (nSPS) is 12.2. The number of halogens is 2. The van der Waals surface area contributed by atoms with Gasteiger partial charge in [0.25, 0.3) is 5.91 Å². The van der Waals surface area contributed by atoms with E-state index in [1.54, 1.807) is 0 Å². The second-order valence-electron chi connectivity index (χ2n) is 7.52. The number of amides is 2. The van der Waals surface area contributed by atoms with Crippen molar-refractivity contribution in [1.82, 2.24) is 20.6 Å². The maximum absolute atomic E-state index is 13.4. The highest BCUT2D eigenvalue weighted by molar-refractivity contribution is 9.10. The fraction of sp³-hybridized carbons (Fsp3) is 0.318. The van der Waals surface area contributed by atoms with E-state index in [1.165, 1.54) is 12.1 Å². The average molecular weight is 475 g/mol. The summed E-state index contributed by atoms with van der Waals surface area (Å²) in [6.45, 7) is 4.31. The minimum atomic E-state index is -0.497. The van der Waals surface area contributed by atoms with Crippen LogP contribution < -0.4 is 10.6 Å². The Balaban J connectivity index is 1.59. The number of rotatable bonds is 8. The number of para-hydroxylation sites is 2. The van der Waals surface area contributed by atoms with Gasteiger partial charge in [-0.2, -0.15) is 0 Å². The van der Waals surface area contributed by atoms with E-state index >= 15 is 0 Å². The molecule has 0 bridgehead atoms. The van der Waals surface area contributed by atoms with Crippen LogP contribution >= 0.6 is 15.9 Å². The molecule has 8 heteroatoms. The van der Waals surface area contributed by atoms with Crippen molar-refractivity contribution in [1.29, 1.82) is 0 Å². The summed E-state index contributed by atoms with van der Waals surface area (Å²) in [5.74, 6) is -0.0622. The topological polar surface area (TPSA) is 86.9 Å². The van der Waals surface area contributed by atoms with E-state index in [4.69, 9.17) is 0 Å². The Labute approximate surface area is 182 Å². The van der Waals surface area contributed by atoms with Gasteiger partial charge < -0.3 is 15.6 Å². The molecular weight excluding hydrogens is 451 g/mol. The van der Waals surface area contributed by atoms with Gasteiger partial charge >= 0.3 is 0 Å². The highest BCUT2D eigenvalue weighted by atomic mass is 79.9. The van der Waals surface area contributed by atoms with Crippen LogP contribution in [0, 0.1) is 11.7 Å². The predicted octanol–water partition coefficient (Wildman–Crippen LogP) is 4.49. The summed E-state index contributed by atoms with van der Waals surface area (Å²) in [5, 5.41) is 5.66. The number of fused-ring (bicyclic) bond motifs is 1. The minimum absolute atomic E-state index is 0.105. The number of aromatic nitrogens is 2. The molecule has 0 radical (unpaired) electrons. The smallest absolute Gasteiger partial charge is 0.252 e. The molecule has 6 nitrogen and oxygen atoms in total. The molecule has 0 saturated carbocycles. The number of imidazole rings is 1. The summed E-state index contributed by atoms with van der Waals surface area (Å²) >= 11 is 3.23. The number of nitrogens with zero attached hydrogens (tertiary/aromatic N) is 1. The van der Waals surface area contributed by atoms with Gasteiger partial charge in [0, 0.05) is 17.4 Å². The van der Waals surface area contributed by atoms with Crippen LogP contribution in [0.25, 0.3) is 11.0 Å². The summed E-state index contributed by atoms with van der Waals surface area (Å²) in [5.41, 5.74) is 1.96. The number of carbonyl (C=O) groups is 2. The fourth-order valence-electron chi connectivity index (χ4n) is 3.17. The number of aromatic amines is 1. The largest absolute Gasteiger partial charge is 0.351 e. The number of H-pyrrole nitrogens is 1. The summed E-state index contributed by atoms with van der Waals surface area (Å²) in [7, 11) is 0. The van der Waals surface area contributed by atoms with Crippen molar-refractivity contribution in [2.24, 2.45) is 5.92 Å². The van der Waals surface area contributed by atoms with Crippen molar-refractivity contribution >= 4 is 38.8 Å². The molecule has 2 aromatic carbocycles. The van der Waals surface area contributed by atoms with Crippen molar-refractivity contribution < 1.29 is 14.0 Å². The molecule has 0 saturated heterocycles. The van der Waals surface area contributed by atoms with Crippen molar-refractivity contribution in [2.45, 2.75) is 32.7 Å². The maximum Gasteiger partial charge on any atom is 0.252 e. The zero-order chi connectivity index (χ0) is 21.7. The molecule has 3 rings (SSSR count). The van der Waals surface area contributed by atoms with Gasteiger partial charge in [-0.3, -0.25) is 9.59 Å². The van der Waals surface area contributed by atoms with E-state index < -0.39 is 11.7 Å². The SMILES string of the molecule is CC(C)CC(NC(=O)CCNC(=O)c1cc(F)ccc1Br)c1nc2ccccc2[nH]1. The van der Waals surface area contributed by atoms with E-state index in [0.29, 0.717) is 16.2 Å². The summed E-state index contributed by atoms with van der Waals surface area (Å²) < 4.78 is 13.9. The molecule has 1 unspecified atom stereocenters. The summed E-state index contributed by atoms with van der Waals surface area (Å²) in [6, 6.07) is 11.4. The van der Waals surface area contributed by atoms with Crippen LogP contribution in [0.3, 0.4) is 0 Å². The van der Waals surface area contributed by atoms with Gasteiger partial charge in [0.1, 0.15) is 11.6 Å². The molecular formula is C22H24BrFN4O2. The monoisotopic (exact) mass is 474 g/mol. The average Bonchev–Trinajstić information content (AvgIpc) is 3.13. The van der Waals surface area contributed by atoms with Crippen molar-refractivity contribution in [3.63, 3.8) is 0 Å². The van der Waals surface area contributed by atoms with Crippen molar-refractivity contribution in [2.75, 3.05) is 6.54 Å². The Kier molecular flexibility index (Phi) is 7.20. The molecule has 30 heavy (non-hydrogen) atoms. The molecule has 0 spiro atoms. The van der Waals surface area contributed by atoms with Crippen LogP contribution in [0.4, 0.5) is 4.39 Å². The third kappa shape index (κ3) is 5.66. The van der Waals surface area contributed by atoms with Crippen molar-refractivity contribution in [3.8, 4) is 0 Å². The molecule has 0 fully saturated rings. The molecule has 2 amide bonds. The molecule has 1 aromatic heterocycles. The lowest BCUT2D eigenvalue weighted by Gasteiger charge is -2.19. The second kappa shape index (κ2) is 9.84. The number of hydrogen-bond acceptors (Lipinski definition) is 3. The predicted molar refractivity (Wildman–Crippen MR) is 117 cm³/mol. The van der Waals surface area contributed by atoms with Crippen LogP contribution in [0.1, 0.15) is 48.9 Å². The van der Waals surface area contributed by atoms with Gasteiger partial charge in [0.05, 0.1) is 22.6 Å². The van der Waals surface area contributed by atoms with E-state index in [9.17, 15) is 14.0 Å². The Morgan fingerprint density at radius 2 is 1.97 bits per heavy atom. The first-order valence-electron chi connectivity index (χ1n) is 9.80.